The van der Waals surface area contributed by atoms with Gasteiger partial charge in [-0.1, -0.05) is 0 Å². The van der Waals surface area contributed by atoms with Gasteiger partial charge in [0, 0.05) is 49.4 Å². The van der Waals surface area contributed by atoms with Crippen LogP contribution in [0.2, 0.25) is 0 Å². The lowest BCUT2D eigenvalue weighted by Gasteiger charge is -2.53. The molecule has 3 heterocycles. The summed E-state index contributed by atoms with van der Waals surface area (Å²) in [5, 5.41) is 1.15. The molecule has 0 bridgehead atoms. The SMILES string of the molecule is CN(C(=O)[C@H]1C[C@@](N2CCC(c3c[nH]c4ncccc34)CC2)([SH](=O)=O)C1)C(C)(C)C. The first-order chi connectivity index (χ1) is 14.1. The number of H-pyrrole nitrogens is 1. The summed E-state index contributed by atoms with van der Waals surface area (Å²) in [6, 6.07) is 4.04. The minimum absolute atomic E-state index is 0.0520. The van der Waals surface area contributed by atoms with Crippen LogP contribution in [0.25, 0.3) is 11.0 Å². The van der Waals surface area contributed by atoms with Gasteiger partial charge in [-0.05, 0) is 70.1 Å². The average molecular weight is 433 g/mol. The summed E-state index contributed by atoms with van der Waals surface area (Å²) < 4.78 is 24.6. The highest BCUT2D eigenvalue weighted by atomic mass is 32.2. The Labute approximate surface area is 179 Å². The lowest BCUT2D eigenvalue weighted by Crippen LogP contribution is -2.63. The van der Waals surface area contributed by atoms with Gasteiger partial charge in [0.05, 0.1) is 0 Å². The zero-order valence-corrected chi connectivity index (χ0v) is 19.1. The van der Waals surface area contributed by atoms with Crippen LogP contribution >= 0.6 is 0 Å². The topological polar surface area (TPSA) is 86.4 Å². The second-order valence-corrected chi connectivity index (χ2v) is 11.2. The third-order valence-electron chi connectivity index (χ3n) is 7.18. The predicted octanol–water partition coefficient (Wildman–Crippen LogP) is 2.72. The first-order valence-corrected chi connectivity index (χ1v) is 11.9. The molecule has 1 N–H and O–H groups in total. The number of aromatic amines is 1. The van der Waals surface area contributed by atoms with E-state index in [-0.39, 0.29) is 17.4 Å². The van der Waals surface area contributed by atoms with Gasteiger partial charge in [0.25, 0.3) is 0 Å². The molecule has 2 fully saturated rings. The summed E-state index contributed by atoms with van der Waals surface area (Å²) in [5.74, 6) is 0.237. The molecule has 2 aromatic rings. The normalized spacial score (nSPS) is 26.1. The molecule has 164 valence electrons. The maximum absolute atomic E-state index is 12.8. The number of aromatic nitrogens is 2. The number of rotatable bonds is 4. The maximum atomic E-state index is 12.8. The van der Waals surface area contributed by atoms with E-state index in [9.17, 15) is 13.2 Å². The number of nitrogens with one attached hydrogen (secondary N) is 1. The number of carbonyl (C=O) groups excluding carboxylic acids is 1. The van der Waals surface area contributed by atoms with E-state index < -0.39 is 15.6 Å². The van der Waals surface area contributed by atoms with E-state index in [1.165, 1.54) is 5.56 Å². The number of nitrogens with zero attached hydrogens (tertiary/aromatic N) is 3. The lowest BCUT2D eigenvalue weighted by molar-refractivity contribution is -0.145. The Bertz CT molecular complexity index is 1000. The monoisotopic (exact) mass is 432 g/mol. The molecule has 0 unspecified atom stereocenters. The number of pyridine rings is 1. The van der Waals surface area contributed by atoms with Crippen LogP contribution in [0.3, 0.4) is 0 Å². The van der Waals surface area contributed by atoms with E-state index in [1.54, 1.807) is 18.1 Å². The maximum Gasteiger partial charge on any atom is 0.226 e. The smallest absolute Gasteiger partial charge is 0.226 e. The molecule has 0 spiro atoms. The fourth-order valence-corrected chi connectivity index (χ4v) is 6.12. The van der Waals surface area contributed by atoms with E-state index in [0.29, 0.717) is 18.8 Å². The van der Waals surface area contributed by atoms with Gasteiger partial charge in [0.15, 0.2) is 10.7 Å². The van der Waals surface area contributed by atoms with E-state index in [2.05, 4.69) is 20.9 Å². The molecule has 30 heavy (non-hydrogen) atoms. The molecule has 0 radical (unpaired) electrons. The number of piperidine rings is 1. The van der Waals surface area contributed by atoms with Crippen molar-refractivity contribution in [3.63, 3.8) is 0 Å². The number of hydrogen-bond donors (Lipinski definition) is 2. The molecular weight excluding hydrogens is 400 g/mol. The van der Waals surface area contributed by atoms with Crippen molar-refractivity contribution in [1.82, 2.24) is 19.8 Å². The van der Waals surface area contributed by atoms with Crippen molar-refractivity contribution in [2.24, 2.45) is 5.92 Å². The summed E-state index contributed by atoms with van der Waals surface area (Å²) in [6.45, 7) is 7.45. The number of amides is 1. The molecule has 4 rings (SSSR count). The van der Waals surface area contributed by atoms with Crippen LogP contribution in [0.5, 0.6) is 0 Å². The molecular formula is C22H32N4O3S. The van der Waals surface area contributed by atoms with Gasteiger partial charge in [-0.3, -0.25) is 9.69 Å². The minimum Gasteiger partial charge on any atom is -0.346 e. The molecule has 1 saturated carbocycles. The van der Waals surface area contributed by atoms with Gasteiger partial charge in [0.2, 0.25) is 5.91 Å². The Morgan fingerprint density at radius 3 is 2.53 bits per heavy atom. The second kappa shape index (κ2) is 7.64. The third-order valence-corrected chi connectivity index (χ3v) is 8.51. The van der Waals surface area contributed by atoms with Crippen molar-refractivity contribution in [2.75, 3.05) is 20.1 Å². The zero-order valence-electron chi connectivity index (χ0n) is 18.2. The summed E-state index contributed by atoms with van der Waals surface area (Å²) in [6.07, 6.45) is 6.47. The summed E-state index contributed by atoms with van der Waals surface area (Å²) in [4.78, 5) is 23.4. The molecule has 2 aromatic heterocycles. The Hall–Kier alpha value is -1.93. The standard InChI is InChI=1S/C22H32N4O3S/c1-21(2,3)25(4)20(27)16-12-22(13-16,30(28)29)26-10-7-15(8-11-26)18-14-24-19-17(18)6-5-9-23-19/h5-6,9,14-16,30H,7-8,10-13H2,1-4H3,(H,23,24)/t16-,22+. The molecule has 0 aromatic carbocycles. The third kappa shape index (κ3) is 3.54. The van der Waals surface area contributed by atoms with Crippen molar-refractivity contribution < 1.29 is 13.2 Å². The van der Waals surface area contributed by atoms with Gasteiger partial charge in [0.1, 0.15) is 10.5 Å². The number of likely N-dealkylation sites (tertiary alicyclic amines) is 1. The van der Waals surface area contributed by atoms with E-state index in [1.807, 2.05) is 33.0 Å². The highest BCUT2D eigenvalue weighted by Gasteiger charge is 2.55. The molecule has 7 nitrogen and oxygen atoms in total. The zero-order chi connectivity index (χ0) is 21.7. The van der Waals surface area contributed by atoms with E-state index in [4.69, 9.17) is 0 Å². The van der Waals surface area contributed by atoms with E-state index in [0.717, 1.165) is 37.0 Å². The minimum atomic E-state index is -2.63. The Morgan fingerprint density at radius 1 is 1.27 bits per heavy atom. The van der Waals surface area contributed by atoms with Gasteiger partial charge in [-0.15, -0.1) is 0 Å². The highest BCUT2D eigenvalue weighted by molar-refractivity contribution is 7.74. The van der Waals surface area contributed by atoms with Gasteiger partial charge < -0.3 is 9.88 Å². The first kappa shape index (κ1) is 21.3. The summed E-state index contributed by atoms with van der Waals surface area (Å²) in [5.41, 5.74) is 1.91. The Morgan fingerprint density at radius 2 is 1.93 bits per heavy atom. The molecule has 1 saturated heterocycles. The Balaban J connectivity index is 1.43. The van der Waals surface area contributed by atoms with Crippen LogP contribution in [0.15, 0.2) is 24.5 Å². The fourth-order valence-electron chi connectivity index (χ4n) is 4.95. The molecule has 2 aliphatic rings. The van der Waals surface area contributed by atoms with Gasteiger partial charge >= 0.3 is 0 Å². The predicted molar refractivity (Wildman–Crippen MR) is 118 cm³/mol. The summed E-state index contributed by atoms with van der Waals surface area (Å²) >= 11 is 0. The van der Waals surface area contributed by atoms with Crippen molar-refractivity contribution >= 4 is 27.6 Å². The van der Waals surface area contributed by atoms with Gasteiger partial charge in [-0.2, -0.15) is 0 Å². The summed E-state index contributed by atoms with van der Waals surface area (Å²) in [7, 11) is -0.823. The van der Waals surface area contributed by atoms with Crippen molar-refractivity contribution in [3.8, 4) is 0 Å². The second-order valence-electron chi connectivity index (χ2n) is 9.82. The molecule has 1 aliphatic carbocycles. The first-order valence-electron chi connectivity index (χ1n) is 10.7. The molecule has 8 heteroatoms. The van der Waals surface area contributed by atoms with Crippen LogP contribution in [-0.4, -0.2) is 64.6 Å². The van der Waals surface area contributed by atoms with Crippen LogP contribution < -0.4 is 0 Å². The lowest BCUT2D eigenvalue weighted by atomic mass is 9.75. The van der Waals surface area contributed by atoms with Crippen molar-refractivity contribution in [1.29, 1.82) is 0 Å². The van der Waals surface area contributed by atoms with Crippen molar-refractivity contribution in [2.45, 2.75) is 62.8 Å². The number of thiol groups is 1. The molecule has 0 atom stereocenters. The number of carbonyl (C=O) groups is 1. The van der Waals surface area contributed by atoms with Gasteiger partial charge in [-0.25, -0.2) is 13.4 Å². The van der Waals surface area contributed by atoms with E-state index >= 15 is 0 Å². The fraction of sp³-hybridized carbons (Fsp3) is 0.636. The van der Waals surface area contributed by atoms with Crippen molar-refractivity contribution in [3.05, 3.63) is 30.1 Å². The number of hydrogen-bond acceptors (Lipinski definition) is 5. The molecule has 1 aliphatic heterocycles. The quantitative estimate of drug-likeness (QED) is 0.726. The van der Waals surface area contributed by atoms with Crippen LogP contribution in [0.4, 0.5) is 0 Å². The number of fused-ring (bicyclic) bond motifs is 1. The molecule has 1 amide bonds. The Kier molecular flexibility index (Phi) is 5.43. The van der Waals surface area contributed by atoms with Crippen LogP contribution in [0.1, 0.15) is 57.9 Å². The largest absolute Gasteiger partial charge is 0.346 e. The average Bonchev–Trinajstić information content (AvgIpc) is 3.10. The van der Waals surface area contributed by atoms with Crippen LogP contribution in [0, 0.1) is 5.92 Å². The highest BCUT2D eigenvalue weighted by Crippen LogP contribution is 2.47. The van der Waals surface area contributed by atoms with Crippen LogP contribution in [-0.2, 0) is 15.5 Å².